The van der Waals surface area contributed by atoms with Crippen molar-refractivity contribution in [1.82, 2.24) is 9.38 Å². The van der Waals surface area contributed by atoms with E-state index in [2.05, 4.69) is 10.3 Å². The normalized spacial score (nSPS) is 10.6. The summed E-state index contributed by atoms with van der Waals surface area (Å²) in [6.45, 7) is -0.188. The van der Waals surface area contributed by atoms with Crippen molar-refractivity contribution in [2.75, 3.05) is 5.32 Å². The molecule has 6 heteroatoms. The van der Waals surface area contributed by atoms with E-state index in [1.165, 1.54) is 4.40 Å². The lowest BCUT2D eigenvalue weighted by Gasteiger charge is -2.13. The number of fused-ring (bicyclic) bond motifs is 1. The Morgan fingerprint density at radius 2 is 1.61 bits per heavy atom. The third kappa shape index (κ3) is 3.61. The molecule has 0 aliphatic rings. The number of hydrogen-bond donors (Lipinski definition) is 1. The Bertz CT molecular complexity index is 1170. The average Bonchev–Trinajstić information content (AvgIpc) is 2.75. The first kappa shape index (κ1) is 17.5. The van der Waals surface area contributed by atoms with Crippen LogP contribution in [0.2, 0.25) is 0 Å². The van der Waals surface area contributed by atoms with Crippen LogP contribution in [0.5, 0.6) is 0 Å². The van der Waals surface area contributed by atoms with Crippen molar-refractivity contribution in [2.24, 2.45) is 0 Å². The molecule has 0 saturated heterocycles. The molecule has 0 aliphatic carbocycles. The smallest absolute Gasteiger partial charge is 0.338 e. The van der Waals surface area contributed by atoms with Gasteiger partial charge in [-0.05, 0) is 36.4 Å². The number of anilines is 2. The molecule has 2 heterocycles. The Morgan fingerprint density at radius 1 is 0.929 bits per heavy atom. The monoisotopic (exact) mass is 371 g/mol. The van der Waals surface area contributed by atoms with Gasteiger partial charge in [0.05, 0.1) is 11.1 Å². The van der Waals surface area contributed by atoms with E-state index in [0.717, 1.165) is 5.69 Å². The van der Waals surface area contributed by atoms with Crippen LogP contribution in [0.4, 0.5) is 11.5 Å². The highest BCUT2D eigenvalue weighted by Crippen LogP contribution is 2.18. The van der Waals surface area contributed by atoms with E-state index in [-0.39, 0.29) is 17.7 Å². The molecule has 138 valence electrons. The fourth-order valence-electron chi connectivity index (χ4n) is 2.81. The molecule has 0 atom stereocenters. The number of carbonyl (C=O) groups excluding carboxylic acids is 1. The SMILES string of the molecule is O=C(OCc1c(Nc2ccccc2)nc2ccccn2c1=O)c1ccccc1. The Kier molecular flexibility index (Phi) is 4.84. The van der Waals surface area contributed by atoms with Crippen molar-refractivity contribution >= 4 is 23.1 Å². The first-order valence-electron chi connectivity index (χ1n) is 8.77. The third-order valence-electron chi connectivity index (χ3n) is 4.22. The number of benzene rings is 2. The van der Waals surface area contributed by atoms with Gasteiger partial charge < -0.3 is 10.1 Å². The van der Waals surface area contributed by atoms with Crippen LogP contribution >= 0.6 is 0 Å². The van der Waals surface area contributed by atoms with E-state index in [4.69, 9.17) is 4.74 Å². The van der Waals surface area contributed by atoms with Crippen molar-refractivity contribution < 1.29 is 9.53 Å². The molecule has 2 aromatic heterocycles. The van der Waals surface area contributed by atoms with Gasteiger partial charge in [-0.15, -0.1) is 0 Å². The maximum atomic E-state index is 13.0. The van der Waals surface area contributed by atoms with Crippen LogP contribution in [0.3, 0.4) is 0 Å². The minimum atomic E-state index is -0.496. The topological polar surface area (TPSA) is 72.7 Å². The van der Waals surface area contributed by atoms with Crippen molar-refractivity contribution in [3.05, 3.63) is 107 Å². The predicted molar refractivity (Wildman–Crippen MR) is 107 cm³/mol. The molecule has 1 N–H and O–H groups in total. The fraction of sp³-hybridized carbons (Fsp3) is 0.0455. The van der Waals surface area contributed by atoms with E-state index < -0.39 is 5.97 Å². The minimum absolute atomic E-state index is 0.188. The molecular weight excluding hydrogens is 354 g/mol. The van der Waals surface area contributed by atoms with Gasteiger partial charge in [-0.1, -0.05) is 42.5 Å². The van der Waals surface area contributed by atoms with Crippen LogP contribution in [-0.2, 0) is 11.3 Å². The van der Waals surface area contributed by atoms with Crippen molar-refractivity contribution in [3.8, 4) is 0 Å². The first-order chi connectivity index (χ1) is 13.7. The predicted octanol–water partition coefficient (Wildman–Crippen LogP) is 3.80. The Hall–Kier alpha value is -3.93. The molecule has 0 spiro atoms. The highest BCUT2D eigenvalue weighted by Gasteiger charge is 2.16. The van der Waals surface area contributed by atoms with Crippen molar-refractivity contribution in [2.45, 2.75) is 6.61 Å². The highest BCUT2D eigenvalue weighted by atomic mass is 16.5. The van der Waals surface area contributed by atoms with Gasteiger partial charge in [-0.2, -0.15) is 0 Å². The summed E-state index contributed by atoms with van der Waals surface area (Å²) in [7, 11) is 0. The quantitative estimate of drug-likeness (QED) is 0.540. The summed E-state index contributed by atoms with van der Waals surface area (Å²) in [5, 5.41) is 3.15. The van der Waals surface area contributed by atoms with Crippen LogP contribution in [-0.4, -0.2) is 15.4 Å². The van der Waals surface area contributed by atoms with Gasteiger partial charge >= 0.3 is 5.97 Å². The lowest BCUT2D eigenvalue weighted by atomic mass is 10.2. The minimum Gasteiger partial charge on any atom is -0.457 e. The molecule has 0 amide bonds. The molecule has 4 rings (SSSR count). The summed E-state index contributed by atoms with van der Waals surface area (Å²) in [5.41, 5.74) is 1.70. The van der Waals surface area contributed by atoms with Crippen LogP contribution < -0.4 is 10.9 Å². The van der Waals surface area contributed by atoms with Crippen molar-refractivity contribution in [1.29, 1.82) is 0 Å². The summed E-state index contributed by atoms with van der Waals surface area (Å²) < 4.78 is 6.82. The van der Waals surface area contributed by atoms with Crippen molar-refractivity contribution in [3.63, 3.8) is 0 Å². The highest BCUT2D eigenvalue weighted by molar-refractivity contribution is 5.89. The van der Waals surface area contributed by atoms with Crippen LogP contribution in [0.15, 0.2) is 89.9 Å². The molecule has 0 fully saturated rings. The van der Waals surface area contributed by atoms with Crippen LogP contribution in [0.25, 0.3) is 5.65 Å². The number of ether oxygens (including phenoxy) is 1. The number of para-hydroxylation sites is 1. The van der Waals surface area contributed by atoms with Gasteiger partial charge in [0.1, 0.15) is 18.1 Å². The van der Waals surface area contributed by atoms with E-state index in [9.17, 15) is 9.59 Å². The third-order valence-corrected chi connectivity index (χ3v) is 4.22. The molecule has 6 nitrogen and oxygen atoms in total. The number of carbonyl (C=O) groups is 1. The number of aromatic nitrogens is 2. The summed E-state index contributed by atoms with van der Waals surface area (Å²) >= 11 is 0. The maximum absolute atomic E-state index is 13.0. The summed E-state index contributed by atoms with van der Waals surface area (Å²) in [4.78, 5) is 29.8. The number of nitrogens with zero attached hydrogens (tertiary/aromatic N) is 2. The molecular formula is C22H17N3O3. The first-order valence-corrected chi connectivity index (χ1v) is 8.77. The zero-order chi connectivity index (χ0) is 19.3. The fourth-order valence-corrected chi connectivity index (χ4v) is 2.81. The number of nitrogens with one attached hydrogen (secondary N) is 1. The number of esters is 1. The molecule has 0 bridgehead atoms. The summed E-state index contributed by atoms with van der Waals surface area (Å²) in [6, 6.07) is 23.4. The zero-order valence-corrected chi connectivity index (χ0v) is 14.9. The number of hydrogen-bond acceptors (Lipinski definition) is 5. The molecule has 28 heavy (non-hydrogen) atoms. The Labute approximate surface area is 161 Å². The Balaban J connectivity index is 1.70. The lowest BCUT2D eigenvalue weighted by Crippen LogP contribution is -2.23. The van der Waals surface area contributed by atoms with Gasteiger partial charge in [0.2, 0.25) is 0 Å². The number of pyridine rings is 1. The molecule has 0 aliphatic heterocycles. The van der Waals surface area contributed by atoms with E-state index >= 15 is 0 Å². The summed E-state index contributed by atoms with van der Waals surface area (Å²) in [5.74, 6) is -0.132. The van der Waals surface area contributed by atoms with Gasteiger partial charge in [-0.3, -0.25) is 9.20 Å². The van der Waals surface area contributed by atoms with Crippen LogP contribution in [0, 0.1) is 0 Å². The molecule has 0 saturated carbocycles. The van der Waals surface area contributed by atoms with Gasteiger partial charge in [-0.25, -0.2) is 9.78 Å². The molecule has 0 unspecified atom stereocenters. The average molecular weight is 371 g/mol. The molecule has 2 aromatic carbocycles. The van der Waals surface area contributed by atoms with Gasteiger partial charge in [0.15, 0.2) is 0 Å². The lowest BCUT2D eigenvalue weighted by molar-refractivity contribution is 0.0471. The van der Waals surface area contributed by atoms with Crippen LogP contribution in [0.1, 0.15) is 15.9 Å². The standard InChI is InChI=1S/C22H17N3O3/c26-21-18(15-28-22(27)16-9-3-1-4-10-16)20(23-17-11-5-2-6-12-17)24-19-13-7-8-14-25(19)21/h1-14,23H,15H2. The second-order valence-corrected chi connectivity index (χ2v) is 6.11. The number of rotatable bonds is 5. The zero-order valence-electron chi connectivity index (χ0n) is 14.9. The maximum Gasteiger partial charge on any atom is 0.338 e. The van der Waals surface area contributed by atoms with E-state index in [0.29, 0.717) is 17.0 Å². The van der Waals surface area contributed by atoms with E-state index in [1.807, 2.05) is 42.5 Å². The summed E-state index contributed by atoms with van der Waals surface area (Å²) in [6.07, 6.45) is 1.64. The van der Waals surface area contributed by atoms with Gasteiger partial charge in [0, 0.05) is 11.9 Å². The second kappa shape index (κ2) is 7.75. The largest absolute Gasteiger partial charge is 0.457 e. The molecule has 0 radical (unpaired) electrons. The van der Waals surface area contributed by atoms with Gasteiger partial charge in [0.25, 0.3) is 5.56 Å². The van der Waals surface area contributed by atoms with E-state index in [1.54, 1.807) is 42.6 Å². The second-order valence-electron chi connectivity index (χ2n) is 6.11. The molecule has 4 aromatic rings. The Morgan fingerprint density at radius 3 is 2.36 bits per heavy atom.